The van der Waals surface area contributed by atoms with E-state index in [0.717, 1.165) is 36.9 Å². The number of nitrogens with one attached hydrogen (secondary N) is 2. The van der Waals surface area contributed by atoms with Crippen molar-refractivity contribution in [1.29, 1.82) is 0 Å². The maximum Gasteiger partial charge on any atom is 0.251 e. The van der Waals surface area contributed by atoms with Crippen LogP contribution in [0.5, 0.6) is 0 Å². The van der Waals surface area contributed by atoms with Gasteiger partial charge >= 0.3 is 0 Å². The van der Waals surface area contributed by atoms with E-state index in [4.69, 9.17) is 5.73 Å². The van der Waals surface area contributed by atoms with E-state index >= 15 is 0 Å². The molecule has 2 unspecified atom stereocenters. The lowest BCUT2D eigenvalue weighted by atomic mass is 9.65. The molecule has 148 valence electrons. The Morgan fingerprint density at radius 1 is 1.19 bits per heavy atom. The third kappa shape index (κ3) is 4.70. The molecule has 1 aromatic carbocycles. The smallest absolute Gasteiger partial charge is 0.251 e. The van der Waals surface area contributed by atoms with E-state index in [1.807, 2.05) is 19.1 Å². The van der Waals surface area contributed by atoms with E-state index in [9.17, 15) is 9.59 Å². The highest BCUT2D eigenvalue weighted by Crippen LogP contribution is 2.42. The van der Waals surface area contributed by atoms with Crippen LogP contribution >= 0.6 is 0 Å². The molecule has 2 aliphatic rings. The number of benzene rings is 1. The van der Waals surface area contributed by atoms with Crippen LogP contribution in [0.1, 0.15) is 61.9 Å². The lowest BCUT2D eigenvalue weighted by Gasteiger charge is -2.43. The first kappa shape index (κ1) is 19.9. The molecule has 2 atom stereocenters. The molecular weight excluding hydrogens is 338 g/mol. The number of hydrogen-bond donors (Lipinski definition) is 3. The van der Waals surface area contributed by atoms with Crippen molar-refractivity contribution in [2.45, 2.75) is 58.9 Å². The van der Waals surface area contributed by atoms with Crippen LogP contribution in [0.2, 0.25) is 0 Å². The van der Waals surface area contributed by atoms with Crippen molar-refractivity contribution >= 4 is 17.5 Å². The van der Waals surface area contributed by atoms with Crippen molar-refractivity contribution in [1.82, 2.24) is 5.32 Å². The summed E-state index contributed by atoms with van der Waals surface area (Å²) in [4.78, 5) is 25.0. The zero-order chi connectivity index (χ0) is 19.6. The highest BCUT2D eigenvalue weighted by atomic mass is 16.2. The van der Waals surface area contributed by atoms with Gasteiger partial charge in [0.25, 0.3) is 5.91 Å². The molecule has 1 aromatic rings. The molecule has 27 heavy (non-hydrogen) atoms. The van der Waals surface area contributed by atoms with E-state index in [1.54, 1.807) is 6.07 Å². The summed E-state index contributed by atoms with van der Waals surface area (Å²) in [6, 6.07) is 5.74. The second-order valence-corrected chi connectivity index (χ2v) is 8.82. The van der Waals surface area contributed by atoms with Gasteiger partial charge < -0.3 is 16.4 Å². The molecule has 2 bridgehead atoms. The van der Waals surface area contributed by atoms with Gasteiger partial charge in [0, 0.05) is 29.8 Å². The Hall–Kier alpha value is -1.88. The van der Waals surface area contributed by atoms with Crippen LogP contribution in [-0.2, 0) is 4.79 Å². The van der Waals surface area contributed by atoms with E-state index in [0.29, 0.717) is 29.9 Å². The molecule has 2 fully saturated rings. The largest absolute Gasteiger partial charge is 0.352 e. The Morgan fingerprint density at radius 2 is 1.85 bits per heavy atom. The van der Waals surface area contributed by atoms with Gasteiger partial charge in [0.2, 0.25) is 5.91 Å². The van der Waals surface area contributed by atoms with Crippen LogP contribution in [-0.4, -0.2) is 24.4 Å². The molecule has 5 nitrogen and oxygen atoms in total. The van der Waals surface area contributed by atoms with E-state index in [-0.39, 0.29) is 23.8 Å². The average molecular weight is 372 g/mol. The molecule has 2 saturated carbocycles. The number of carbonyl (C=O) groups is 2. The minimum Gasteiger partial charge on any atom is -0.352 e. The summed E-state index contributed by atoms with van der Waals surface area (Å²) in [5.74, 6) is 1.46. The number of anilines is 1. The average Bonchev–Trinajstić information content (AvgIpc) is 2.61. The first-order valence-corrected chi connectivity index (χ1v) is 10.3. The number of carbonyl (C=O) groups excluding carboxylic acids is 2. The Bertz CT molecular complexity index is 687. The van der Waals surface area contributed by atoms with Crippen molar-refractivity contribution in [2.75, 3.05) is 11.9 Å². The number of hydrogen-bond acceptors (Lipinski definition) is 3. The summed E-state index contributed by atoms with van der Waals surface area (Å²) in [6.07, 6.45) is 5.36. The quantitative estimate of drug-likeness (QED) is 0.741. The monoisotopic (exact) mass is 371 g/mol. The summed E-state index contributed by atoms with van der Waals surface area (Å²) in [5.41, 5.74) is 8.67. The van der Waals surface area contributed by atoms with Gasteiger partial charge in [-0.05, 0) is 74.1 Å². The first-order chi connectivity index (χ1) is 12.8. The summed E-state index contributed by atoms with van der Waals surface area (Å²) in [5, 5.41) is 6.02. The van der Waals surface area contributed by atoms with Gasteiger partial charge in [-0.1, -0.05) is 20.3 Å². The van der Waals surface area contributed by atoms with E-state index in [2.05, 4.69) is 24.5 Å². The third-order valence-corrected chi connectivity index (χ3v) is 6.20. The number of aryl methyl sites for hydroxylation is 1. The zero-order valence-corrected chi connectivity index (χ0v) is 16.8. The maximum absolute atomic E-state index is 12.8. The summed E-state index contributed by atoms with van der Waals surface area (Å²) < 4.78 is 0. The molecule has 0 saturated heterocycles. The minimum atomic E-state index is -0.0706. The van der Waals surface area contributed by atoms with Gasteiger partial charge in [-0.25, -0.2) is 0 Å². The van der Waals surface area contributed by atoms with Gasteiger partial charge in [0.05, 0.1) is 0 Å². The minimum absolute atomic E-state index is 0.0496. The van der Waals surface area contributed by atoms with Crippen LogP contribution < -0.4 is 16.4 Å². The van der Waals surface area contributed by atoms with Gasteiger partial charge in [-0.15, -0.1) is 0 Å². The van der Waals surface area contributed by atoms with Gasteiger partial charge in [0.15, 0.2) is 0 Å². The Kier molecular flexibility index (Phi) is 6.20. The number of fused-ring (bicyclic) bond motifs is 2. The number of nitrogens with two attached hydrogens (primary N) is 1. The molecular formula is C22H33N3O2. The van der Waals surface area contributed by atoms with Crippen molar-refractivity contribution in [3.63, 3.8) is 0 Å². The Morgan fingerprint density at radius 3 is 2.44 bits per heavy atom. The summed E-state index contributed by atoms with van der Waals surface area (Å²) in [6.45, 7) is 6.72. The predicted octanol–water partition coefficient (Wildman–Crippen LogP) is 3.47. The second kappa shape index (κ2) is 8.42. The predicted molar refractivity (Wildman–Crippen MR) is 109 cm³/mol. The standard InChI is InChI=1S/C22H33N3O2/c1-13(2)12-24-21(26)17-7-8-19(14(3)9-17)25-22(27)18-10-15-5-4-6-16(11-18)20(15)23/h7-9,13,15-16,18,20H,4-6,10-12,23H2,1-3H3,(H,24,26)(H,25,27). The van der Waals surface area contributed by atoms with Crippen molar-refractivity contribution in [3.8, 4) is 0 Å². The van der Waals surface area contributed by atoms with Crippen LogP contribution in [0.15, 0.2) is 18.2 Å². The molecule has 0 radical (unpaired) electrons. The molecule has 0 aliphatic heterocycles. The normalized spacial score (nSPS) is 27.3. The molecule has 3 rings (SSSR count). The topological polar surface area (TPSA) is 84.2 Å². The summed E-state index contributed by atoms with van der Waals surface area (Å²) >= 11 is 0. The van der Waals surface area contributed by atoms with Crippen LogP contribution in [0.4, 0.5) is 5.69 Å². The summed E-state index contributed by atoms with van der Waals surface area (Å²) in [7, 11) is 0. The Labute approximate surface area is 162 Å². The van der Waals surface area contributed by atoms with Crippen molar-refractivity contribution in [3.05, 3.63) is 29.3 Å². The highest BCUT2D eigenvalue weighted by Gasteiger charge is 2.40. The fourth-order valence-corrected chi connectivity index (χ4v) is 4.58. The molecule has 0 spiro atoms. The number of rotatable bonds is 5. The van der Waals surface area contributed by atoms with Crippen molar-refractivity contribution < 1.29 is 9.59 Å². The maximum atomic E-state index is 12.8. The second-order valence-electron chi connectivity index (χ2n) is 8.82. The fourth-order valence-electron chi connectivity index (χ4n) is 4.58. The molecule has 0 heterocycles. The Balaban J connectivity index is 1.62. The van der Waals surface area contributed by atoms with Crippen molar-refractivity contribution in [2.24, 2.45) is 29.4 Å². The van der Waals surface area contributed by atoms with Gasteiger partial charge in [0.1, 0.15) is 0 Å². The fraction of sp³-hybridized carbons (Fsp3) is 0.636. The number of amides is 2. The van der Waals surface area contributed by atoms with E-state index in [1.165, 1.54) is 6.42 Å². The zero-order valence-electron chi connectivity index (χ0n) is 16.8. The molecule has 2 aliphatic carbocycles. The molecule has 0 aromatic heterocycles. The van der Waals surface area contributed by atoms with Crippen LogP contribution in [0.25, 0.3) is 0 Å². The molecule has 5 heteroatoms. The van der Waals surface area contributed by atoms with E-state index < -0.39 is 0 Å². The van der Waals surface area contributed by atoms with Crippen LogP contribution in [0, 0.1) is 30.6 Å². The lowest BCUT2D eigenvalue weighted by molar-refractivity contribution is -0.122. The van der Waals surface area contributed by atoms with Crippen LogP contribution in [0.3, 0.4) is 0 Å². The van der Waals surface area contributed by atoms with Gasteiger partial charge in [-0.2, -0.15) is 0 Å². The lowest BCUT2D eigenvalue weighted by Crippen LogP contribution is -2.48. The SMILES string of the molecule is Cc1cc(C(=O)NCC(C)C)ccc1NC(=O)C1CC2CCCC(C1)C2N. The third-order valence-electron chi connectivity index (χ3n) is 6.20. The molecule has 4 N–H and O–H groups in total. The van der Waals surface area contributed by atoms with Gasteiger partial charge in [-0.3, -0.25) is 9.59 Å². The molecule has 2 amide bonds. The first-order valence-electron chi connectivity index (χ1n) is 10.3. The highest BCUT2D eigenvalue weighted by molar-refractivity contribution is 5.97.